The van der Waals surface area contributed by atoms with Crippen molar-refractivity contribution >= 4 is 54.6 Å². The van der Waals surface area contributed by atoms with Crippen LogP contribution in [-0.4, -0.2) is 19.9 Å². The van der Waals surface area contributed by atoms with Crippen LogP contribution in [0.25, 0.3) is 99.9 Å². The SMILES string of the molecule is c1ccc(-c2nc(-c3ccccc3)nc(-c3cncc4oc5c(-c6cccc7oc8c9ccccc9ccc8c67)cccc5c34)n2)cc1. The highest BCUT2D eigenvalue weighted by Crippen LogP contribution is 2.44. The third-order valence-corrected chi connectivity index (χ3v) is 9.03. The summed E-state index contributed by atoms with van der Waals surface area (Å²) in [7, 11) is 0. The standard InChI is InChI=1S/C42H24N4O2/c1-3-12-26(13-4-1)40-44-41(27-14-5-2-6-15-27)46-42(45-40)33-23-43-24-35-37(33)31-19-9-18-30(39(31)48-35)29-17-10-20-34-36(29)32-22-21-25-11-7-8-16-28(25)38(32)47-34/h1-24H. The Hall–Kier alpha value is -6.66. The van der Waals surface area contributed by atoms with Crippen LogP contribution in [0, 0.1) is 0 Å². The molecule has 10 aromatic rings. The van der Waals surface area contributed by atoms with Crippen molar-refractivity contribution in [2.24, 2.45) is 0 Å². The van der Waals surface area contributed by atoms with Gasteiger partial charge in [0.1, 0.15) is 16.7 Å². The zero-order valence-corrected chi connectivity index (χ0v) is 25.5. The Balaban J connectivity index is 1.22. The normalized spacial score (nSPS) is 11.8. The molecule has 0 aliphatic rings. The zero-order chi connectivity index (χ0) is 31.6. The molecule has 0 saturated heterocycles. The quantitative estimate of drug-likeness (QED) is 0.196. The molecule has 0 unspecified atom stereocenters. The van der Waals surface area contributed by atoms with Crippen LogP contribution in [0.15, 0.2) is 155 Å². The van der Waals surface area contributed by atoms with E-state index in [4.69, 9.17) is 23.8 Å². The van der Waals surface area contributed by atoms with Gasteiger partial charge in [-0.3, -0.25) is 4.98 Å². The first-order valence-corrected chi connectivity index (χ1v) is 15.8. The number of hydrogen-bond donors (Lipinski definition) is 0. The number of furan rings is 2. The largest absolute Gasteiger partial charge is 0.455 e. The average Bonchev–Trinajstić information content (AvgIpc) is 3.74. The van der Waals surface area contributed by atoms with E-state index < -0.39 is 0 Å². The minimum Gasteiger partial charge on any atom is -0.455 e. The van der Waals surface area contributed by atoms with Crippen LogP contribution < -0.4 is 0 Å². The summed E-state index contributed by atoms with van der Waals surface area (Å²) in [5.41, 5.74) is 7.76. The lowest BCUT2D eigenvalue weighted by Crippen LogP contribution is -2.00. The lowest BCUT2D eigenvalue weighted by Gasteiger charge is -2.09. The van der Waals surface area contributed by atoms with E-state index in [0.717, 1.165) is 76.9 Å². The van der Waals surface area contributed by atoms with Crippen LogP contribution >= 0.6 is 0 Å². The molecule has 48 heavy (non-hydrogen) atoms. The van der Waals surface area contributed by atoms with E-state index in [1.807, 2.05) is 79.0 Å². The maximum absolute atomic E-state index is 6.67. The van der Waals surface area contributed by atoms with Crippen molar-refractivity contribution in [1.29, 1.82) is 0 Å². The smallest absolute Gasteiger partial charge is 0.166 e. The fourth-order valence-electron chi connectivity index (χ4n) is 6.84. The molecule has 0 atom stereocenters. The van der Waals surface area contributed by atoms with Crippen LogP contribution in [0.5, 0.6) is 0 Å². The number of para-hydroxylation sites is 1. The first-order valence-electron chi connectivity index (χ1n) is 15.8. The van der Waals surface area contributed by atoms with E-state index in [2.05, 4.69) is 65.6 Å². The zero-order valence-electron chi connectivity index (χ0n) is 25.5. The number of hydrogen-bond acceptors (Lipinski definition) is 6. The Bertz CT molecular complexity index is 2780. The fourth-order valence-corrected chi connectivity index (χ4v) is 6.84. The second-order valence-corrected chi connectivity index (χ2v) is 11.8. The summed E-state index contributed by atoms with van der Waals surface area (Å²) in [5, 5.41) is 6.23. The molecular formula is C42H24N4O2. The highest BCUT2D eigenvalue weighted by atomic mass is 16.3. The number of rotatable bonds is 4. The molecule has 10 rings (SSSR count). The van der Waals surface area contributed by atoms with Gasteiger partial charge in [0.15, 0.2) is 23.1 Å². The maximum atomic E-state index is 6.67. The van der Waals surface area contributed by atoms with Crippen molar-refractivity contribution in [3.8, 4) is 45.3 Å². The summed E-state index contributed by atoms with van der Waals surface area (Å²) >= 11 is 0. The van der Waals surface area contributed by atoms with E-state index in [-0.39, 0.29) is 0 Å². The summed E-state index contributed by atoms with van der Waals surface area (Å²) in [4.78, 5) is 19.5. The third-order valence-electron chi connectivity index (χ3n) is 9.03. The van der Waals surface area contributed by atoms with Gasteiger partial charge in [-0.2, -0.15) is 0 Å². The summed E-state index contributed by atoms with van der Waals surface area (Å²) in [5.74, 6) is 1.72. The molecule has 0 N–H and O–H groups in total. The number of nitrogens with zero attached hydrogens (tertiary/aromatic N) is 4. The van der Waals surface area contributed by atoms with Gasteiger partial charge in [0, 0.05) is 55.4 Å². The van der Waals surface area contributed by atoms with Crippen LogP contribution in [0.4, 0.5) is 0 Å². The maximum Gasteiger partial charge on any atom is 0.166 e. The van der Waals surface area contributed by atoms with Crippen LogP contribution in [-0.2, 0) is 0 Å². The van der Waals surface area contributed by atoms with Gasteiger partial charge >= 0.3 is 0 Å². The van der Waals surface area contributed by atoms with Gasteiger partial charge in [0.2, 0.25) is 0 Å². The van der Waals surface area contributed by atoms with E-state index >= 15 is 0 Å². The molecule has 0 spiro atoms. The summed E-state index contributed by atoms with van der Waals surface area (Å²) in [6.45, 7) is 0. The highest BCUT2D eigenvalue weighted by molar-refractivity contribution is 6.22. The Morgan fingerprint density at radius 3 is 1.77 bits per heavy atom. The minimum atomic E-state index is 0.531. The molecule has 0 bridgehead atoms. The lowest BCUT2D eigenvalue weighted by atomic mass is 9.96. The molecule has 0 amide bonds. The van der Waals surface area contributed by atoms with Crippen molar-refractivity contribution < 1.29 is 8.83 Å². The van der Waals surface area contributed by atoms with E-state index in [1.54, 1.807) is 6.20 Å². The monoisotopic (exact) mass is 616 g/mol. The molecule has 4 aromatic heterocycles. The number of fused-ring (bicyclic) bond motifs is 8. The van der Waals surface area contributed by atoms with Gasteiger partial charge in [-0.25, -0.2) is 15.0 Å². The van der Waals surface area contributed by atoms with Crippen molar-refractivity contribution in [3.63, 3.8) is 0 Å². The van der Waals surface area contributed by atoms with Gasteiger partial charge in [-0.15, -0.1) is 0 Å². The lowest BCUT2D eigenvalue weighted by molar-refractivity contribution is 0.668. The van der Waals surface area contributed by atoms with Gasteiger partial charge in [0.05, 0.1) is 6.20 Å². The first-order chi connectivity index (χ1) is 23.8. The van der Waals surface area contributed by atoms with Gasteiger partial charge < -0.3 is 8.83 Å². The fraction of sp³-hybridized carbons (Fsp3) is 0. The molecule has 0 radical (unpaired) electrons. The van der Waals surface area contributed by atoms with Crippen molar-refractivity contribution in [2.75, 3.05) is 0 Å². The molecule has 224 valence electrons. The number of benzene rings is 6. The molecule has 6 aromatic carbocycles. The highest BCUT2D eigenvalue weighted by Gasteiger charge is 2.22. The summed E-state index contributed by atoms with van der Waals surface area (Å²) in [6, 6.07) is 45.1. The second-order valence-electron chi connectivity index (χ2n) is 11.8. The molecular weight excluding hydrogens is 592 g/mol. The predicted octanol–water partition coefficient (Wildman–Crippen LogP) is 10.9. The molecule has 6 nitrogen and oxygen atoms in total. The molecule has 0 fully saturated rings. The number of pyridine rings is 1. The first kappa shape index (κ1) is 26.5. The van der Waals surface area contributed by atoms with Gasteiger partial charge in [0.25, 0.3) is 0 Å². The van der Waals surface area contributed by atoms with Crippen LogP contribution in [0.3, 0.4) is 0 Å². The minimum absolute atomic E-state index is 0.531. The summed E-state index contributed by atoms with van der Waals surface area (Å²) in [6.07, 6.45) is 3.58. The van der Waals surface area contributed by atoms with Crippen molar-refractivity contribution in [2.45, 2.75) is 0 Å². The molecule has 4 heterocycles. The Morgan fingerprint density at radius 2 is 0.979 bits per heavy atom. The van der Waals surface area contributed by atoms with Gasteiger partial charge in [-0.1, -0.05) is 121 Å². The Morgan fingerprint density at radius 1 is 0.375 bits per heavy atom. The molecule has 6 heteroatoms. The Kier molecular flexibility index (Phi) is 5.77. The average molecular weight is 617 g/mol. The predicted molar refractivity (Wildman–Crippen MR) is 191 cm³/mol. The van der Waals surface area contributed by atoms with E-state index in [0.29, 0.717) is 23.1 Å². The van der Waals surface area contributed by atoms with Crippen molar-refractivity contribution in [1.82, 2.24) is 19.9 Å². The van der Waals surface area contributed by atoms with Crippen LogP contribution in [0.1, 0.15) is 0 Å². The number of aromatic nitrogens is 4. The third kappa shape index (κ3) is 4.06. The van der Waals surface area contributed by atoms with E-state index in [9.17, 15) is 0 Å². The molecule has 0 aliphatic heterocycles. The van der Waals surface area contributed by atoms with E-state index in [1.165, 1.54) is 0 Å². The molecule has 0 saturated carbocycles. The Labute approximate surface area is 274 Å². The summed E-state index contributed by atoms with van der Waals surface area (Å²) < 4.78 is 13.2. The van der Waals surface area contributed by atoms with Gasteiger partial charge in [-0.05, 0) is 23.1 Å². The van der Waals surface area contributed by atoms with Crippen LogP contribution in [0.2, 0.25) is 0 Å². The van der Waals surface area contributed by atoms with Crippen molar-refractivity contribution in [3.05, 3.63) is 146 Å². The second kappa shape index (κ2) is 10.4. The molecule has 0 aliphatic carbocycles. The topological polar surface area (TPSA) is 77.8 Å².